The van der Waals surface area contributed by atoms with Crippen LogP contribution in [0.5, 0.6) is 11.5 Å². The number of thioether (sulfide) groups is 2. The van der Waals surface area contributed by atoms with Crippen molar-refractivity contribution in [2.75, 3.05) is 39.6 Å². The molecule has 0 aromatic heterocycles. The minimum absolute atomic E-state index is 0.0664. The summed E-state index contributed by atoms with van der Waals surface area (Å²) in [5, 5.41) is 9.42. The number of nitriles is 1. The van der Waals surface area contributed by atoms with Gasteiger partial charge in [-0.25, -0.2) is 10.1 Å². The smallest absolute Gasteiger partial charge is 0.324 e. The highest BCUT2D eigenvalue weighted by Gasteiger charge is 2.57. The molecule has 1 aromatic carbocycles. The van der Waals surface area contributed by atoms with Crippen LogP contribution in [0, 0.1) is 28.7 Å². The van der Waals surface area contributed by atoms with Crippen molar-refractivity contribution in [3.05, 3.63) is 33.5 Å². The highest BCUT2D eigenvalue weighted by Crippen LogP contribution is 2.59. The summed E-state index contributed by atoms with van der Waals surface area (Å²) in [5.41, 5.74) is -2.42. The van der Waals surface area contributed by atoms with Gasteiger partial charge in [-0.3, -0.25) is 9.59 Å². The van der Waals surface area contributed by atoms with E-state index < -0.39 is 34.7 Å². The van der Waals surface area contributed by atoms with Crippen molar-refractivity contribution < 1.29 is 47.5 Å². The molecular formula is C24H20N2O10S2. The van der Waals surface area contributed by atoms with Crippen molar-refractivity contribution in [1.82, 2.24) is 0 Å². The molecule has 6 fully saturated rings. The first-order chi connectivity index (χ1) is 18.1. The normalized spacial score (nSPS) is 34.7. The Morgan fingerprint density at radius 1 is 0.842 bits per heavy atom. The minimum Gasteiger partial charge on any atom is -0.425 e. The zero-order valence-electron chi connectivity index (χ0n) is 20.2. The third kappa shape index (κ3) is 4.09. The maximum atomic E-state index is 13.2. The number of hydrogen-bond acceptors (Lipinski definition) is 13. The highest BCUT2D eigenvalue weighted by molar-refractivity contribution is 8.24. The van der Waals surface area contributed by atoms with E-state index in [0.717, 1.165) is 23.5 Å². The van der Waals surface area contributed by atoms with E-state index in [1.54, 1.807) is 13.8 Å². The first kappa shape index (κ1) is 25.6. The van der Waals surface area contributed by atoms with Crippen LogP contribution in [-0.2, 0) is 38.0 Å². The number of carbonyl (C=O) groups excluding carboxylic acids is 2. The SMILES string of the molecule is [C-]#[N+]C(C#N)=C1Sc2c(OC(=O)C34COC(C)(OC3)OC4)ccc(OC(=O)C34COC(C)(OC3)OC4)c2S1. The number of carbonyl (C=O) groups is 2. The lowest BCUT2D eigenvalue weighted by Crippen LogP contribution is -2.62. The first-order valence-corrected chi connectivity index (χ1v) is 13.1. The summed E-state index contributed by atoms with van der Waals surface area (Å²) in [6, 6.07) is 4.86. The average molecular weight is 561 g/mol. The number of benzene rings is 1. The maximum Gasteiger partial charge on any atom is 0.324 e. The van der Waals surface area contributed by atoms with Crippen LogP contribution < -0.4 is 9.47 Å². The predicted octanol–water partition coefficient (Wildman–Crippen LogP) is 2.78. The van der Waals surface area contributed by atoms with Crippen molar-refractivity contribution in [3.8, 4) is 17.6 Å². The quantitative estimate of drug-likeness (QED) is 0.231. The van der Waals surface area contributed by atoms with E-state index in [-0.39, 0.29) is 56.8 Å². The lowest BCUT2D eigenvalue weighted by atomic mass is 9.89. The van der Waals surface area contributed by atoms with E-state index in [1.165, 1.54) is 12.1 Å². The van der Waals surface area contributed by atoms with Crippen LogP contribution in [0.15, 0.2) is 31.9 Å². The van der Waals surface area contributed by atoms with E-state index in [2.05, 4.69) is 4.85 Å². The van der Waals surface area contributed by atoms with E-state index in [9.17, 15) is 14.9 Å². The minimum atomic E-state index is -1.18. The fraction of sp³-hybridized carbons (Fsp3) is 0.500. The van der Waals surface area contributed by atoms with Gasteiger partial charge in [0.25, 0.3) is 17.6 Å². The Hall–Kier alpha value is -2.66. The predicted molar refractivity (Wildman–Crippen MR) is 126 cm³/mol. The van der Waals surface area contributed by atoms with Crippen LogP contribution in [0.3, 0.4) is 0 Å². The molecule has 1 aromatic rings. The third-order valence-corrected chi connectivity index (χ3v) is 9.38. The molecule has 198 valence electrons. The second-order valence-electron chi connectivity index (χ2n) is 9.58. The maximum absolute atomic E-state index is 13.2. The van der Waals surface area contributed by atoms with Crippen LogP contribution in [0.25, 0.3) is 4.85 Å². The summed E-state index contributed by atoms with van der Waals surface area (Å²) < 4.78 is 45.1. The van der Waals surface area contributed by atoms with Crippen molar-refractivity contribution in [2.45, 2.75) is 35.6 Å². The molecule has 7 heterocycles. The second-order valence-corrected chi connectivity index (χ2v) is 11.9. The summed E-state index contributed by atoms with van der Waals surface area (Å²) in [6.45, 7) is 11.0. The first-order valence-electron chi connectivity index (χ1n) is 11.5. The van der Waals surface area contributed by atoms with Gasteiger partial charge in [0.05, 0.1) is 66.3 Å². The molecule has 14 heteroatoms. The molecule has 0 aliphatic carbocycles. The van der Waals surface area contributed by atoms with E-state index >= 15 is 0 Å². The van der Waals surface area contributed by atoms with Crippen LogP contribution >= 0.6 is 23.5 Å². The Bertz CT molecular complexity index is 1210. The Balaban J connectivity index is 1.29. The molecule has 38 heavy (non-hydrogen) atoms. The molecule has 0 N–H and O–H groups in total. The Labute approximate surface area is 225 Å². The third-order valence-electron chi connectivity index (χ3n) is 6.78. The van der Waals surface area contributed by atoms with Crippen LogP contribution in [0.4, 0.5) is 0 Å². The van der Waals surface area contributed by atoms with Crippen molar-refractivity contribution in [3.63, 3.8) is 0 Å². The van der Waals surface area contributed by atoms with Gasteiger partial charge in [-0.1, -0.05) is 23.5 Å². The van der Waals surface area contributed by atoms with E-state index in [4.69, 9.17) is 44.5 Å². The number of ether oxygens (including phenoxy) is 8. The number of esters is 2. The zero-order valence-corrected chi connectivity index (χ0v) is 21.8. The number of allylic oxidation sites excluding steroid dienone is 1. The van der Waals surface area contributed by atoms with Gasteiger partial charge in [-0.15, -0.1) is 0 Å². The molecule has 6 saturated heterocycles. The van der Waals surface area contributed by atoms with Gasteiger partial charge in [-0.05, 0) is 12.1 Å². The molecule has 7 aliphatic heterocycles. The summed E-state index contributed by atoms with van der Waals surface area (Å²) in [5.74, 6) is -3.23. The Morgan fingerprint density at radius 3 is 1.53 bits per heavy atom. The summed E-state index contributed by atoms with van der Waals surface area (Å²) in [7, 11) is 0. The van der Waals surface area contributed by atoms with Gasteiger partial charge >= 0.3 is 11.9 Å². The standard InChI is InChI=1S/C24H20N2O10S2/c1-21-29-7-23(8-30-21,9-31-21)19(27)35-14-4-5-15(17-16(14)37-18(38-17)13(6-25)26-3)36-20(28)24-10-32-22(2,33-11-24)34-12-24/h4-5H,7-12H2,1-2H3. The lowest BCUT2D eigenvalue weighted by Gasteiger charge is -2.48. The molecule has 4 bridgehead atoms. The number of hydrogen-bond donors (Lipinski definition) is 0. The molecule has 12 nitrogen and oxygen atoms in total. The largest absolute Gasteiger partial charge is 0.425 e. The van der Waals surface area contributed by atoms with Gasteiger partial charge in [0, 0.05) is 13.8 Å². The van der Waals surface area contributed by atoms with Crippen molar-refractivity contribution in [1.29, 1.82) is 5.26 Å². The zero-order chi connectivity index (χ0) is 26.8. The molecule has 0 spiro atoms. The van der Waals surface area contributed by atoms with Gasteiger partial charge in [-0.2, -0.15) is 0 Å². The molecule has 0 radical (unpaired) electrons. The van der Waals surface area contributed by atoms with E-state index in [0.29, 0.717) is 14.0 Å². The second kappa shape index (κ2) is 8.94. The van der Waals surface area contributed by atoms with E-state index in [1.807, 2.05) is 6.07 Å². The molecule has 0 unspecified atom stereocenters. The summed E-state index contributed by atoms with van der Waals surface area (Å²) >= 11 is 2.17. The molecule has 8 rings (SSSR count). The fourth-order valence-corrected chi connectivity index (χ4v) is 6.66. The molecule has 7 aliphatic rings. The fourth-order valence-electron chi connectivity index (χ4n) is 4.19. The summed E-state index contributed by atoms with van der Waals surface area (Å²) in [4.78, 5) is 30.6. The summed E-state index contributed by atoms with van der Waals surface area (Å²) in [6.07, 6.45) is 0. The molecule has 0 atom stereocenters. The van der Waals surface area contributed by atoms with Crippen LogP contribution in [0.1, 0.15) is 13.8 Å². The average Bonchev–Trinajstić information content (AvgIpc) is 3.38. The Morgan fingerprint density at radius 2 is 1.21 bits per heavy atom. The molecule has 0 saturated carbocycles. The van der Waals surface area contributed by atoms with Crippen LogP contribution in [-0.4, -0.2) is 63.5 Å². The topological polar surface area (TPSA) is 136 Å². The van der Waals surface area contributed by atoms with Gasteiger partial charge < -0.3 is 37.9 Å². The molecule has 0 amide bonds. The Kier molecular flexibility index (Phi) is 6.03. The number of fused-ring (bicyclic) bond motifs is 7. The van der Waals surface area contributed by atoms with Gasteiger partial charge in [0.2, 0.25) is 0 Å². The van der Waals surface area contributed by atoms with Crippen LogP contribution in [0.2, 0.25) is 0 Å². The monoisotopic (exact) mass is 560 g/mol. The lowest BCUT2D eigenvalue weighted by molar-refractivity contribution is -0.453. The van der Waals surface area contributed by atoms with Gasteiger partial charge in [0.1, 0.15) is 22.3 Å². The highest BCUT2D eigenvalue weighted by atomic mass is 32.2. The van der Waals surface area contributed by atoms with Gasteiger partial charge in [0.15, 0.2) is 0 Å². The molecular weight excluding hydrogens is 540 g/mol. The number of rotatable bonds is 4. The van der Waals surface area contributed by atoms with Crippen molar-refractivity contribution >= 4 is 35.5 Å². The van der Waals surface area contributed by atoms with Crippen molar-refractivity contribution in [2.24, 2.45) is 10.8 Å². The number of nitrogens with zero attached hydrogens (tertiary/aromatic N) is 2.